The second kappa shape index (κ2) is 7.46. The Hall–Kier alpha value is -2.96. The summed E-state index contributed by atoms with van der Waals surface area (Å²) in [6.07, 6.45) is 5.07. The second-order valence-electron chi connectivity index (χ2n) is 7.02. The van der Waals surface area contributed by atoms with Crippen molar-refractivity contribution in [3.63, 3.8) is 0 Å². The van der Waals surface area contributed by atoms with Crippen LogP contribution in [0.25, 0.3) is 10.9 Å². The lowest BCUT2D eigenvalue weighted by Crippen LogP contribution is -2.19. The standard InChI is InChI=1S/C20H19FN4O3S/c1-29(26,27)18-6-5-17(24-15-9-13(11-22)8-14(21)10-15)16-12-23-25(20(16)18)19-4-2-3-7-28-19/h5-6,8-10,12,19,24H,2-4,7H2,1H3. The van der Waals surface area contributed by atoms with E-state index in [1.165, 1.54) is 18.2 Å². The lowest BCUT2D eigenvalue weighted by molar-refractivity contribution is -0.0368. The SMILES string of the molecule is CS(=O)(=O)c1ccc(Nc2cc(F)cc(C#N)c2)c2cnn(C3CCCCO3)c12. The molecule has 1 atom stereocenters. The second-order valence-corrected chi connectivity index (χ2v) is 9.01. The highest BCUT2D eigenvalue weighted by Crippen LogP contribution is 2.35. The summed E-state index contributed by atoms with van der Waals surface area (Å²) < 4.78 is 46.0. The number of rotatable bonds is 4. The van der Waals surface area contributed by atoms with Gasteiger partial charge in [-0.2, -0.15) is 10.4 Å². The van der Waals surface area contributed by atoms with Crippen molar-refractivity contribution in [3.8, 4) is 6.07 Å². The van der Waals surface area contributed by atoms with Crippen molar-refractivity contribution in [2.75, 3.05) is 18.2 Å². The average Bonchev–Trinajstić information content (AvgIpc) is 3.13. The molecule has 29 heavy (non-hydrogen) atoms. The van der Waals surface area contributed by atoms with Crippen LogP contribution in [-0.2, 0) is 14.6 Å². The molecule has 0 bridgehead atoms. The van der Waals surface area contributed by atoms with E-state index < -0.39 is 15.7 Å². The Morgan fingerprint density at radius 2 is 2.14 bits per heavy atom. The first kappa shape index (κ1) is 19.4. The third-order valence-electron chi connectivity index (χ3n) is 4.85. The van der Waals surface area contributed by atoms with Crippen LogP contribution in [0.2, 0.25) is 0 Å². The molecule has 0 aliphatic carbocycles. The maximum absolute atomic E-state index is 13.8. The van der Waals surface area contributed by atoms with Gasteiger partial charge in [0.15, 0.2) is 16.1 Å². The maximum Gasteiger partial charge on any atom is 0.177 e. The number of aromatic nitrogens is 2. The molecule has 1 aromatic heterocycles. The van der Waals surface area contributed by atoms with Crippen LogP contribution in [0.15, 0.2) is 41.4 Å². The molecule has 4 rings (SSSR count). The first-order valence-electron chi connectivity index (χ1n) is 9.16. The Morgan fingerprint density at radius 3 is 2.83 bits per heavy atom. The molecule has 3 aromatic rings. The van der Waals surface area contributed by atoms with Gasteiger partial charge in [-0.3, -0.25) is 0 Å². The van der Waals surface area contributed by atoms with E-state index in [-0.39, 0.29) is 16.7 Å². The molecule has 1 fully saturated rings. The summed E-state index contributed by atoms with van der Waals surface area (Å²) in [7, 11) is -3.51. The van der Waals surface area contributed by atoms with Gasteiger partial charge in [0.1, 0.15) is 5.82 Å². The predicted octanol–water partition coefficient (Wildman–Crippen LogP) is 3.89. The number of nitriles is 1. The molecule has 2 heterocycles. The third kappa shape index (κ3) is 3.81. The van der Waals surface area contributed by atoms with Crippen LogP contribution < -0.4 is 5.32 Å². The number of nitrogens with one attached hydrogen (secondary N) is 1. The molecule has 2 aromatic carbocycles. The molecular formula is C20H19FN4O3S. The Balaban J connectivity index is 1.86. The van der Waals surface area contributed by atoms with Gasteiger partial charge in [0, 0.05) is 29.6 Å². The van der Waals surface area contributed by atoms with Gasteiger partial charge in [-0.25, -0.2) is 17.5 Å². The Bertz CT molecular complexity index is 1220. The summed E-state index contributed by atoms with van der Waals surface area (Å²) in [6.45, 7) is 0.596. The van der Waals surface area contributed by atoms with E-state index in [1.807, 2.05) is 6.07 Å². The smallest absolute Gasteiger partial charge is 0.177 e. The molecule has 1 unspecified atom stereocenters. The Morgan fingerprint density at radius 1 is 1.31 bits per heavy atom. The lowest BCUT2D eigenvalue weighted by Gasteiger charge is -2.24. The molecule has 7 nitrogen and oxygen atoms in total. The van der Waals surface area contributed by atoms with Crippen molar-refractivity contribution >= 4 is 32.1 Å². The van der Waals surface area contributed by atoms with E-state index in [2.05, 4.69) is 10.4 Å². The quantitative estimate of drug-likeness (QED) is 0.696. The summed E-state index contributed by atoms with van der Waals surface area (Å²) in [5, 5.41) is 17.1. The van der Waals surface area contributed by atoms with Crippen molar-refractivity contribution < 1.29 is 17.5 Å². The fourth-order valence-corrected chi connectivity index (χ4v) is 4.43. The van der Waals surface area contributed by atoms with Gasteiger partial charge >= 0.3 is 0 Å². The van der Waals surface area contributed by atoms with E-state index in [0.29, 0.717) is 28.9 Å². The predicted molar refractivity (Wildman–Crippen MR) is 106 cm³/mol. The van der Waals surface area contributed by atoms with Crippen LogP contribution in [0.4, 0.5) is 15.8 Å². The number of ether oxygens (including phenoxy) is 1. The van der Waals surface area contributed by atoms with Crippen molar-refractivity contribution in [1.82, 2.24) is 9.78 Å². The number of benzene rings is 2. The summed E-state index contributed by atoms with van der Waals surface area (Å²) in [5.41, 5.74) is 1.57. The fourth-order valence-electron chi connectivity index (χ4n) is 3.56. The Labute approximate surface area is 167 Å². The van der Waals surface area contributed by atoms with Gasteiger partial charge in [-0.05, 0) is 49.6 Å². The molecule has 1 saturated heterocycles. The minimum atomic E-state index is -3.51. The third-order valence-corrected chi connectivity index (χ3v) is 5.98. The highest BCUT2D eigenvalue weighted by molar-refractivity contribution is 7.91. The van der Waals surface area contributed by atoms with Crippen LogP contribution in [0, 0.1) is 17.1 Å². The number of hydrogen-bond donors (Lipinski definition) is 1. The van der Waals surface area contributed by atoms with Crippen molar-refractivity contribution in [2.45, 2.75) is 30.4 Å². The topological polar surface area (TPSA) is 97.0 Å². The van der Waals surface area contributed by atoms with Crippen LogP contribution in [0.1, 0.15) is 31.1 Å². The molecule has 0 spiro atoms. The fraction of sp³-hybridized carbons (Fsp3) is 0.300. The number of fused-ring (bicyclic) bond motifs is 1. The van der Waals surface area contributed by atoms with Crippen LogP contribution >= 0.6 is 0 Å². The zero-order valence-electron chi connectivity index (χ0n) is 15.7. The zero-order valence-corrected chi connectivity index (χ0v) is 16.5. The van der Waals surface area contributed by atoms with Gasteiger partial charge in [-0.15, -0.1) is 0 Å². The number of sulfone groups is 1. The molecule has 1 N–H and O–H groups in total. The summed E-state index contributed by atoms with van der Waals surface area (Å²) >= 11 is 0. The van der Waals surface area contributed by atoms with E-state index >= 15 is 0 Å². The number of hydrogen-bond acceptors (Lipinski definition) is 6. The summed E-state index contributed by atoms with van der Waals surface area (Å²) in [5.74, 6) is -0.540. The lowest BCUT2D eigenvalue weighted by atomic mass is 10.1. The van der Waals surface area contributed by atoms with Gasteiger partial charge in [0.25, 0.3) is 0 Å². The molecule has 0 amide bonds. The largest absolute Gasteiger partial charge is 0.356 e. The van der Waals surface area contributed by atoms with Crippen molar-refractivity contribution in [2.24, 2.45) is 0 Å². The minimum Gasteiger partial charge on any atom is -0.356 e. The number of nitrogens with zero attached hydrogens (tertiary/aromatic N) is 3. The summed E-state index contributed by atoms with van der Waals surface area (Å²) in [6, 6.07) is 8.97. The molecule has 1 aliphatic rings. The van der Waals surface area contributed by atoms with Gasteiger partial charge < -0.3 is 10.1 Å². The molecule has 0 radical (unpaired) electrons. The van der Waals surface area contributed by atoms with Crippen LogP contribution in [0.5, 0.6) is 0 Å². The van der Waals surface area contributed by atoms with Crippen molar-refractivity contribution in [3.05, 3.63) is 47.9 Å². The van der Waals surface area contributed by atoms with E-state index in [9.17, 15) is 12.8 Å². The average molecular weight is 414 g/mol. The first-order chi connectivity index (χ1) is 13.9. The maximum atomic E-state index is 13.8. The monoisotopic (exact) mass is 414 g/mol. The minimum absolute atomic E-state index is 0.154. The molecule has 150 valence electrons. The summed E-state index contributed by atoms with van der Waals surface area (Å²) in [4.78, 5) is 0.154. The van der Waals surface area contributed by atoms with Gasteiger partial charge in [0.2, 0.25) is 0 Å². The molecule has 9 heteroatoms. The van der Waals surface area contributed by atoms with E-state index in [1.54, 1.807) is 16.9 Å². The zero-order chi connectivity index (χ0) is 20.6. The molecule has 1 aliphatic heterocycles. The van der Waals surface area contributed by atoms with Gasteiger partial charge in [0.05, 0.1) is 28.2 Å². The Kier molecular flexibility index (Phi) is 4.98. The normalized spacial score (nSPS) is 17.2. The van der Waals surface area contributed by atoms with E-state index in [0.717, 1.165) is 31.6 Å². The van der Waals surface area contributed by atoms with Crippen LogP contribution in [0.3, 0.4) is 0 Å². The molecule has 0 saturated carbocycles. The highest BCUT2D eigenvalue weighted by atomic mass is 32.2. The van der Waals surface area contributed by atoms with E-state index in [4.69, 9.17) is 10.00 Å². The first-order valence-corrected chi connectivity index (χ1v) is 11.1. The number of halogens is 1. The molecular weight excluding hydrogens is 395 g/mol. The highest BCUT2D eigenvalue weighted by Gasteiger charge is 2.24. The van der Waals surface area contributed by atoms with Gasteiger partial charge in [-0.1, -0.05) is 0 Å². The van der Waals surface area contributed by atoms with Crippen LogP contribution in [-0.4, -0.2) is 31.1 Å². The number of anilines is 2. The van der Waals surface area contributed by atoms with Crippen molar-refractivity contribution in [1.29, 1.82) is 5.26 Å².